The van der Waals surface area contributed by atoms with E-state index in [1.54, 1.807) is 0 Å². The summed E-state index contributed by atoms with van der Waals surface area (Å²) >= 11 is 0. The second-order valence-corrected chi connectivity index (χ2v) is 4.23. The third-order valence-corrected chi connectivity index (χ3v) is 3.28. The lowest BCUT2D eigenvalue weighted by Gasteiger charge is -2.47. The van der Waals surface area contributed by atoms with E-state index >= 15 is 0 Å². The van der Waals surface area contributed by atoms with Gasteiger partial charge >= 0.3 is 11.9 Å². The van der Waals surface area contributed by atoms with E-state index in [2.05, 4.69) is 6.58 Å². The van der Waals surface area contributed by atoms with Crippen LogP contribution in [0.25, 0.3) is 0 Å². The summed E-state index contributed by atoms with van der Waals surface area (Å²) in [5.41, 5.74) is 0. The minimum absolute atomic E-state index is 0.00990. The van der Waals surface area contributed by atoms with Crippen LogP contribution in [0.5, 0.6) is 0 Å². The predicted molar refractivity (Wildman–Crippen MR) is 51.6 cm³/mol. The van der Waals surface area contributed by atoms with Gasteiger partial charge in [0, 0.05) is 18.4 Å². The minimum atomic E-state index is -1.03. The molecule has 3 unspecified atom stereocenters. The van der Waals surface area contributed by atoms with Gasteiger partial charge in [-0.3, -0.25) is 4.79 Å². The molecule has 1 aliphatic carbocycles. The molecule has 0 amide bonds. The molecular formula is C11H14O4. The largest absolute Gasteiger partial charge is 0.422 e. The molecule has 2 bridgehead atoms. The van der Waals surface area contributed by atoms with Gasteiger partial charge in [-0.15, -0.1) is 0 Å². The number of hydrogen-bond donors (Lipinski definition) is 0. The topological polar surface area (TPSA) is 52.6 Å². The summed E-state index contributed by atoms with van der Waals surface area (Å²) in [5, 5.41) is 0. The first-order chi connectivity index (χ1) is 7.07. The molecule has 4 nitrogen and oxygen atoms in total. The van der Waals surface area contributed by atoms with Crippen LogP contribution in [0.15, 0.2) is 12.7 Å². The van der Waals surface area contributed by atoms with Crippen molar-refractivity contribution in [1.29, 1.82) is 0 Å². The molecule has 0 radical (unpaired) electrons. The maximum Gasteiger partial charge on any atom is 0.333 e. The lowest BCUT2D eigenvalue weighted by atomic mass is 9.75. The fourth-order valence-electron chi connectivity index (χ4n) is 2.35. The highest BCUT2D eigenvalue weighted by Crippen LogP contribution is 2.46. The number of carbonyl (C=O) groups is 2. The molecule has 0 N–H and O–H groups in total. The van der Waals surface area contributed by atoms with Gasteiger partial charge in [0.1, 0.15) is 0 Å². The van der Waals surface area contributed by atoms with E-state index in [9.17, 15) is 9.59 Å². The van der Waals surface area contributed by atoms with Gasteiger partial charge in [-0.1, -0.05) is 13.5 Å². The van der Waals surface area contributed by atoms with Gasteiger partial charge in [-0.05, 0) is 12.8 Å². The Morgan fingerprint density at radius 2 is 2.47 bits per heavy atom. The van der Waals surface area contributed by atoms with Crippen LogP contribution in [0, 0.1) is 11.8 Å². The van der Waals surface area contributed by atoms with Crippen LogP contribution >= 0.6 is 0 Å². The van der Waals surface area contributed by atoms with E-state index in [1.807, 2.05) is 6.92 Å². The van der Waals surface area contributed by atoms with Gasteiger partial charge in [-0.2, -0.15) is 0 Å². The zero-order valence-electron chi connectivity index (χ0n) is 8.69. The fraction of sp³-hybridized carbons (Fsp3) is 0.636. The zero-order valence-corrected chi connectivity index (χ0v) is 8.69. The molecule has 3 atom stereocenters. The third-order valence-electron chi connectivity index (χ3n) is 3.28. The molecule has 15 heavy (non-hydrogen) atoms. The molecule has 82 valence electrons. The van der Waals surface area contributed by atoms with E-state index in [4.69, 9.17) is 9.47 Å². The molecule has 0 aromatic carbocycles. The molecule has 1 saturated carbocycles. The lowest BCUT2D eigenvalue weighted by Crippen LogP contribution is -2.55. The molecular weight excluding hydrogens is 196 g/mol. The van der Waals surface area contributed by atoms with Crippen molar-refractivity contribution in [1.82, 2.24) is 0 Å². The Labute approximate surface area is 88.2 Å². The molecule has 4 heteroatoms. The minimum Gasteiger partial charge on any atom is -0.422 e. The molecule has 0 aromatic rings. The summed E-state index contributed by atoms with van der Waals surface area (Å²) in [7, 11) is 0. The molecule has 2 heterocycles. The number of hydrogen-bond acceptors (Lipinski definition) is 4. The number of rotatable bonds is 2. The first kappa shape index (κ1) is 10.2. The van der Waals surface area contributed by atoms with Crippen molar-refractivity contribution in [2.45, 2.75) is 32.0 Å². The molecule has 2 saturated heterocycles. The van der Waals surface area contributed by atoms with Gasteiger partial charge in [0.25, 0.3) is 5.79 Å². The zero-order chi connectivity index (χ0) is 11.1. The Kier molecular flexibility index (Phi) is 2.29. The summed E-state index contributed by atoms with van der Waals surface area (Å²) < 4.78 is 10.4. The van der Waals surface area contributed by atoms with Crippen LogP contribution in [0.2, 0.25) is 0 Å². The van der Waals surface area contributed by atoms with Gasteiger partial charge in [0.2, 0.25) is 0 Å². The molecule has 3 fully saturated rings. The monoisotopic (exact) mass is 210 g/mol. The van der Waals surface area contributed by atoms with E-state index in [1.165, 1.54) is 0 Å². The normalized spacial score (nSPS) is 38.3. The van der Waals surface area contributed by atoms with Crippen molar-refractivity contribution in [2.24, 2.45) is 11.8 Å². The predicted octanol–water partition coefficient (Wildman–Crippen LogP) is 1.40. The van der Waals surface area contributed by atoms with Gasteiger partial charge in [-0.25, -0.2) is 4.79 Å². The highest BCUT2D eigenvalue weighted by Gasteiger charge is 2.54. The molecule has 0 aromatic heterocycles. The number of carbonyl (C=O) groups excluding carboxylic acids is 2. The molecule has 2 aliphatic heterocycles. The van der Waals surface area contributed by atoms with Gasteiger partial charge in [0.15, 0.2) is 0 Å². The summed E-state index contributed by atoms with van der Waals surface area (Å²) in [5.74, 6) is -1.75. The molecule has 3 aliphatic rings. The van der Waals surface area contributed by atoms with Gasteiger partial charge in [0.05, 0.1) is 5.92 Å². The first-order valence-corrected chi connectivity index (χ1v) is 5.15. The Hall–Kier alpha value is -1.32. The van der Waals surface area contributed by atoms with Crippen LogP contribution in [0.3, 0.4) is 0 Å². The number of ether oxygens (including phenoxy) is 2. The average Bonchev–Trinajstić information content (AvgIpc) is 2.20. The maximum atomic E-state index is 11.4. The summed E-state index contributed by atoms with van der Waals surface area (Å²) in [6.07, 6.45) is 3.18. The van der Waals surface area contributed by atoms with Crippen molar-refractivity contribution in [3.63, 3.8) is 0 Å². The molecule has 3 rings (SSSR count). The Morgan fingerprint density at radius 1 is 1.73 bits per heavy atom. The summed E-state index contributed by atoms with van der Waals surface area (Å²) in [6, 6.07) is 0. The smallest absolute Gasteiger partial charge is 0.333 e. The van der Waals surface area contributed by atoms with Crippen molar-refractivity contribution < 1.29 is 19.1 Å². The lowest BCUT2D eigenvalue weighted by molar-refractivity contribution is -0.280. The highest BCUT2D eigenvalue weighted by molar-refractivity contribution is 5.82. The van der Waals surface area contributed by atoms with E-state index in [0.29, 0.717) is 6.42 Å². The number of esters is 2. The quantitative estimate of drug-likeness (QED) is 0.510. The van der Waals surface area contributed by atoms with Crippen molar-refractivity contribution in [3.8, 4) is 0 Å². The summed E-state index contributed by atoms with van der Waals surface area (Å²) in [6.45, 7) is 5.27. The van der Waals surface area contributed by atoms with Crippen LogP contribution < -0.4 is 0 Å². The first-order valence-electron chi connectivity index (χ1n) is 5.15. The van der Waals surface area contributed by atoms with Crippen molar-refractivity contribution in [2.75, 3.05) is 0 Å². The van der Waals surface area contributed by atoms with Crippen LogP contribution in [0.4, 0.5) is 0 Å². The number of fused-ring (bicyclic) bond motifs is 3. The Balaban J connectivity index is 2.20. The van der Waals surface area contributed by atoms with Crippen molar-refractivity contribution in [3.05, 3.63) is 12.7 Å². The second kappa shape index (κ2) is 3.36. The Morgan fingerprint density at radius 3 is 3.00 bits per heavy atom. The van der Waals surface area contributed by atoms with E-state index < -0.39 is 11.8 Å². The van der Waals surface area contributed by atoms with Gasteiger partial charge < -0.3 is 9.47 Å². The van der Waals surface area contributed by atoms with Crippen LogP contribution in [-0.4, -0.2) is 17.7 Å². The average molecular weight is 210 g/mol. The van der Waals surface area contributed by atoms with E-state index in [0.717, 1.165) is 18.9 Å². The third kappa shape index (κ3) is 1.54. The van der Waals surface area contributed by atoms with Crippen LogP contribution in [0.1, 0.15) is 26.2 Å². The summed E-state index contributed by atoms with van der Waals surface area (Å²) in [4.78, 5) is 22.6. The maximum absolute atomic E-state index is 11.4. The van der Waals surface area contributed by atoms with E-state index in [-0.39, 0.29) is 17.8 Å². The highest BCUT2D eigenvalue weighted by atomic mass is 16.7. The molecule has 0 spiro atoms. The standard InChI is InChI=1S/C11H14O4/c1-3-9(12)14-11-5-4-8(6-7(11)2)10(13)15-11/h3,7-8H,1,4-6H2,2H3. The Bertz CT molecular complexity index is 323. The van der Waals surface area contributed by atoms with Crippen LogP contribution in [-0.2, 0) is 19.1 Å². The second-order valence-electron chi connectivity index (χ2n) is 4.23. The SMILES string of the molecule is C=CC(=O)OC12CCC(CC1C)C(=O)O2. The van der Waals surface area contributed by atoms with Crippen molar-refractivity contribution >= 4 is 11.9 Å². The fourth-order valence-corrected chi connectivity index (χ4v) is 2.35.